The van der Waals surface area contributed by atoms with E-state index in [1.807, 2.05) is 37.3 Å². The third kappa shape index (κ3) is 3.75. The van der Waals surface area contributed by atoms with Gasteiger partial charge in [0.2, 0.25) is 5.91 Å². The predicted octanol–water partition coefficient (Wildman–Crippen LogP) is 3.87. The smallest absolute Gasteiger partial charge is 0.227 e. The number of nitrogens with one attached hydrogen (secondary N) is 1. The summed E-state index contributed by atoms with van der Waals surface area (Å²) in [7, 11) is 1.66. The molecule has 0 fully saturated rings. The van der Waals surface area contributed by atoms with E-state index in [0.29, 0.717) is 0 Å². The molecule has 1 N–H and O–H groups in total. The first-order valence-electron chi connectivity index (χ1n) is 7.51. The van der Waals surface area contributed by atoms with Crippen LogP contribution in [0.2, 0.25) is 0 Å². The molecule has 3 nitrogen and oxygen atoms in total. The molecule has 0 bridgehead atoms. The summed E-state index contributed by atoms with van der Waals surface area (Å²) in [4.78, 5) is 12.1. The lowest BCUT2D eigenvalue weighted by Gasteiger charge is -2.13. The minimum Gasteiger partial charge on any atom is -0.497 e. The highest BCUT2D eigenvalue weighted by Crippen LogP contribution is 2.25. The van der Waals surface area contributed by atoms with Crippen LogP contribution in [0.1, 0.15) is 38.2 Å². The van der Waals surface area contributed by atoms with Gasteiger partial charge in [0, 0.05) is 6.54 Å². The number of hydrogen-bond acceptors (Lipinski definition) is 2. The Hall–Kier alpha value is -2.03. The van der Waals surface area contributed by atoms with Crippen molar-refractivity contribution in [1.82, 2.24) is 5.32 Å². The fourth-order valence-corrected chi connectivity index (χ4v) is 2.33. The van der Waals surface area contributed by atoms with Crippen LogP contribution < -0.4 is 10.1 Å². The Bertz CT molecular complexity index is 622. The quantitative estimate of drug-likeness (QED) is 0.818. The maximum absolute atomic E-state index is 12.1. The third-order valence-corrected chi connectivity index (χ3v) is 3.79. The number of carbonyl (C=O) groups is 1. The van der Waals surface area contributed by atoms with Crippen LogP contribution in [0.5, 0.6) is 5.75 Å². The lowest BCUT2D eigenvalue weighted by molar-refractivity contribution is -0.122. The molecular formula is C18H23NO2. The number of amides is 1. The molecule has 0 spiro atoms. The van der Waals surface area contributed by atoms with Gasteiger partial charge in [-0.05, 0) is 41.8 Å². The number of methoxy groups -OCH3 is 1. The molecule has 0 aromatic heterocycles. The van der Waals surface area contributed by atoms with Gasteiger partial charge in [-0.15, -0.1) is 0 Å². The van der Waals surface area contributed by atoms with Gasteiger partial charge in [-0.1, -0.05) is 37.6 Å². The average molecular weight is 285 g/mol. The predicted molar refractivity (Wildman–Crippen MR) is 86.8 cm³/mol. The second-order valence-electron chi connectivity index (χ2n) is 5.34. The van der Waals surface area contributed by atoms with Crippen LogP contribution >= 0.6 is 0 Å². The van der Waals surface area contributed by atoms with Crippen molar-refractivity contribution in [3.63, 3.8) is 0 Å². The van der Waals surface area contributed by atoms with Gasteiger partial charge >= 0.3 is 0 Å². The zero-order valence-corrected chi connectivity index (χ0v) is 13.0. The van der Waals surface area contributed by atoms with E-state index in [2.05, 4.69) is 18.3 Å². The summed E-state index contributed by atoms with van der Waals surface area (Å²) in [6.07, 6.45) is 2.11. The van der Waals surface area contributed by atoms with Crippen molar-refractivity contribution in [2.45, 2.75) is 32.6 Å². The van der Waals surface area contributed by atoms with Gasteiger partial charge < -0.3 is 10.1 Å². The number of unbranched alkanes of at least 4 members (excludes halogenated alkanes) is 1. The van der Waals surface area contributed by atoms with E-state index in [1.54, 1.807) is 7.11 Å². The van der Waals surface area contributed by atoms with E-state index in [9.17, 15) is 4.79 Å². The molecule has 2 aromatic carbocycles. The van der Waals surface area contributed by atoms with Crippen LogP contribution in [0.25, 0.3) is 10.8 Å². The lowest BCUT2D eigenvalue weighted by atomic mass is 9.97. The molecule has 0 aliphatic rings. The van der Waals surface area contributed by atoms with Crippen LogP contribution in [0.3, 0.4) is 0 Å². The molecule has 21 heavy (non-hydrogen) atoms. The molecule has 0 aliphatic heterocycles. The second-order valence-corrected chi connectivity index (χ2v) is 5.34. The second kappa shape index (κ2) is 7.11. The first kappa shape index (κ1) is 15.4. The summed E-state index contributed by atoms with van der Waals surface area (Å²) in [6.45, 7) is 4.82. The first-order valence-corrected chi connectivity index (χ1v) is 7.51. The maximum Gasteiger partial charge on any atom is 0.227 e. The van der Waals surface area contributed by atoms with Crippen molar-refractivity contribution >= 4 is 16.7 Å². The summed E-state index contributed by atoms with van der Waals surface area (Å²) in [6, 6.07) is 12.1. The summed E-state index contributed by atoms with van der Waals surface area (Å²) in [5.74, 6) is 0.810. The van der Waals surface area contributed by atoms with Crippen LogP contribution in [-0.2, 0) is 4.79 Å². The molecule has 0 heterocycles. The molecule has 2 aromatic rings. The van der Waals surface area contributed by atoms with Crippen LogP contribution in [0.15, 0.2) is 36.4 Å². The highest BCUT2D eigenvalue weighted by Gasteiger charge is 2.14. The minimum atomic E-state index is -0.131. The zero-order valence-electron chi connectivity index (χ0n) is 13.0. The first-order chi connectivity index (χ1) is 10.2. The van der Waals surface area contributed by atoms with Crippen molar-refractivity contribution in [2.75, 3.05) is 13.7 Å². The Morgan fingerprint density at radius 1 is 1.19 bits per heavy atom. The van der Waals surface area contributed by atoms with Gasteiger partial charge in [0.05, 0.1) is 13.0 Å². The van der Waals surface area contributed by atoms with Crippen LogP contribution in [0, 0.1) is 0 Å². The number of ether oxygens (including phenoxy) is 1. The largest absolute Gasteiger partial charge is 0.497 e. The minimum absolute atomic E-state index is 0.0938. The van der Waals surface area contributed by atoms with E-state index in [0.717, 1.165) is 41.5 Å². The van der Waals surface area contributed by atoms with Gasteiger partial charge in [-0.3, -0.25) is 4.79 Å². The topological polar surface area (TPSA) is 38.3 Å². The molecule has 0 saturated carbocycles. The van der Waals surface area contributed by atoms with Crippen molar-refractivity contribution < 1.29 is 9.53 Å². The van der Waals surface area contributed by atoms with E-state index < -0.39 is 0 Å². The van der Waals surface area contributed by atoms with Crippen molar-refractivity contribution in [3.8, 4) is 5.75 Å². The van der Waals surface area contributed by atoms with E-state index in [4.69, 9.17) is 4.74 Å². The number of benzene rings is 2. The number of carbonyl (C=O) groups excluding carboxylic acids is 1. The average Bonchev–Trinajstić information content (AvgIpc) is 2.53. The van der Waals surface area contributed by atoms with E-state index >= 15 is 0 Å². The fourth-order valence-electron chi connectivity index (χ4n) is 2.33. The van der Waals surface area contributed by atoms with Gasteiger partial charge in [0.25, 0.3) is 0 Å². The number of rotatable bonds is 6. The molecule has 0 saturated heterocycles. The molecule has 1 atom stereocenters. The van der Waals surface area contributed by atoms with Crippen LogP contribution in [-0.4, -0.2) is 19.6 Å². The van der Waals surface area contributed by atoms with Gasteiger partial charge in [-0.2, -0.15) is 0 Å². The fraction of sp³-hybridized carbons (Fsp3) is 0.389. The Balaban J connectivity index is 2.16. The Kier molecular flexibility index (Phi) is 5.20. The Morgan fingerprint density at radius 2 is 1.90 bits per heavy atom. The monoisotopic (exact) mass is 285 g/mol. The van der Waals surface area contributed by atoms with Gasteiger partial charge in [-0.25, -0.2) is 0 Å². The van der Waals surface area contributed by atoms with Gasteiger partial charge in [0.1, 0.15) is 5.75 Å². The zero-order chi connectivity index (χ0) is 15.2. The lowest BCUT2D eigenvalue weighted by Crippen LogP contribution is -2.28. The van der Waals surface area contributed by atoms with Gasteiger partial charge in [0.15, 0.2) is 0 Å². The highest BCUT2D eigenvalue weighted by molar-refractivity contribution is 5.88. The summed E-state index contributed by atoms with van der Waals surface area (Å²) in [5.41, 5.74) is 1.04. The number of hydrogen-bond donors (Lipinski definition) is 1. The molecule has 112 valence electrons. The molecular weight excluding hydrogens is 262 g/mol. The Labute approximate surface area is 126 Å². The highest BCUT2D eigenvalue weighted by atomic mass is 16.5. The molecule has 0 aliphatic carbocycles. The Morgan fingerprint density at radius 3 is 2.62 bits per heavy atom. The van der Waals surface area contributed by atoms with Crippen molar-refractivity contribution in [3.05, 3.63) is 42.0 Å². The van der Waals surface area contributed by atoms with E-state index in [1.165, 1.54) is 0 Å². The summed E-state index contributed by atoms with van der Waals surface area (Å²) >= 11 is 0. The van der Waals surface area contributed by atoms with Crippen LogP contribution in [0.4, 0.5) is 0 Å². The number of fused-ring (bicyclic) bond motifs is 1. The van der Waals surface area contributed by atoms with Crippen molar-refractivity contribution in [2.24, 2.45) is 0 Å². The molecule has 0 unspecified atom stereocenters. The SMILES string of the molecule is CCCCNC(=O)[C@H](C)c1ccc2cc(OC)ccc2c1. The molecule has 1 amide bonds. The molecule has 2 rings (SSSR count). The molecule has 0 radical (unpaired) electrons. The third-order valence-electron chi connectivity index (χ3n) is 3.79. The molecule has 3 heteroatoms. The normalized spacial score (nSPS) is 12.1. The maximum atomic E-state index is 12.1. The summed E-state index contributed by atoms with van der Waals surface area (Å²) < 4.78 is 5.23. The summed E-state index contributed by atoms with van der Waals surface area (Å²) in [5, 5.41) is 5.24. The standard InChI is InChI=1S/C18H23NO2/c1-4-5-10-19-18(20)13(2)14-6-7-16-12-17(21-3)9-8-15(16)11-14/h6-9,11-13H,4-5,10H2,1-3H3,(H,19,20)/t13-/m1/s1. The van der Waals surface area contributed by atoms with Crippen molar-refractivity contribution in [1.29, 1.82) is 0 Å². The van der Waals surface area contributed by atoms with E-state index in [-0.39, 0.29) is 11.8 Å².